The molecule has 42 heavy (non-hydrogen) atoms. The molecule has 0 radical (unpaired) electrons. The summed E-state index contributed by atoms with van der Waals surface area (Å²) in [4.78, 5) is 64.3. The fourth-order valence-corrected chi connectivity index (χ4v) is 4.55. The third-order valence-corrected chi connectivity index (χ3v) is 6.64. The van der Waals surface area contributed by atoms with E-state index in [1.807, 2.05) is 0 Å². The van der Waals surface area contributed by atoms with Gasteiger partial charge in [-0.2, -0.15) is 0 Å². The van der Waals surface area contributed by atoms with Crippen LogP contribution in [0.1, 0.15) is 42.6 Å². The first-order valence-corrected chi connectivity index (χ1v) is 13.3. The van der Waals surface area contributed by atoms with Gasteiger partial charge in [0, 0.05) is 51.2 Å². The number of rotatable bonds is 13. The Hall–Kier alpha value is -2.94. The lowest BCUT2D eigenvalue weighted by Gasteiger charge is -2.33. The molecule has 1 saturated heterocycles. The summed E-state index contributed by atoms with van der Waals surface area (Å²) in [5.41, 5.74) is 5.79. The number of likely N-dealkylation sites (N-methyl/N-ethyl adjacent to an activating group) is 1. The van der Waals surface area contributed by atoms with Crippen LogP contribution in [0.25, 0.3) is 0 Å². The number of likely N-dealkylation sites (tertiary alicyclic amines) is 1. The summed E-state index contributed by atoms with van der Waals surface area (Å²) in [5, 5.41) is 16.0. The number of carbonyl (C=O) groups is 4. The van der Waals surface area contributed by atoms with E-state index >= 15 is 0 Å². The molecule has 4 amide bonds. The zero-order valence-electron chi connectivity index (χ0n) is 23.9. The summed E-state index contributed by atoms with van der Waals surface area (Å²) < 4.78 is 0. The number of nitrogens with one attached hydrogen (secondary N) is 4. The van der Waals surface area contributed by atoms with E-state index in [9.17, 15) is 19.2 Å². The molecule has 1 aromatic rings. The van der Waals surface area contributed by atoms with Gasteiger partial charge in [-0.1, -0.05) is 0 Å². The van der Waals surface area contributed by atoms with Gasteiger partial charge in [-0.3, -0.25) is 29.6 Å². The molecule has 1 saturated carbocycles. The fourth-order valence-electron chi connectivity index (χ4n) is 4.55. The van der Waals surface area contributed by atoms with Gasteiger partial charge < -0.3 is 36.4 Å². The van der Waals surface area contributed by atoms with Gasteiger partial charge in [-0.05, 0) is 45.7 Å². The Morgan fingerprint density at radius 1 is 1.10 bits per heavy atom. The fraction of sp³-hybridized carbons (Fsp3) is 0.640. The molecule has 2 fully saturated rings. The molecule has 6 N–H and O–H groups in total. The van der Waals surface area contributed by atoms with Crippen LogP contribution < -0.4 is 21.7 Å². The van der Waals surface area contributed by atoms with Crippen molar-refractivity contribution in [2.45, 2.75) is 44.2 Å². The van der Waals surface area contributed by atoms with Gasteiger partial charge in [0.15, 0.2) is 5.96 Å². The number of carbonyl (C=O) groups excluding carboxylic acids is 4. The van der Waals surface area contributed by atoms with Crippen molar-refractivity contribution in [3.63, 3.8) is 0 Å². The summed E-state index contributed by atoms with van der Waals surface area (Å²) in [7, 11) is 3.49. The maximum absolute atomic E-state index is 13.6. The lowest BCUT2D eigenvalue weighted by atomic mass is 9.98. The highest BCUT2D eigenvalue weighted by molar-refractivity contribution is 5.93. The molecule has 17 heteroatoms. The largest absolute Gasteiger partial charge is 0.370 e. The molecule has 3 rings (SSSR count). The van der Waals surface area contributed by atoms with Gasteiger partial charge in [0.05, 0.1) is 19.2 Å². The second-order valence-electron chi connectivity index (χ2n) is 10.3. The number of piperidine rings is 1. The summed E-state index contributed by atoms with van der Waals surface area (Å²) in [6.07, 6.45) is 7.49. The van der Waals surface area contributed by atoms with Gasteiger partial charge in [0.1, 0.15) is 11.7 Å². The summed E-state index contributed by atoms with van der Waals surface area (Å²) >= 11 is 0. The van der Waals surface area contributed by atoms with Crippen molar-refractivity contribution in [1.29, 1.82) is 5.41 Å². The molecule has 0 unspecified atom stereocenters. The molecule has 2 atom stereocenters. The van der Waals surface area contributed by atoms with Crippen LogP contribution in [0.2, 0.25) is 0 Å². The van der Waals surface area contributed by atoms with E-state index in [1.54, 1.807) is 28.8 Å². The first-order valence-electron chi connectivity index (χ1n) is 13.3. The third kappa shape index (κ3) is 12.9. The Kier molecular flexibility index (Phi) is 17.9. The van der Waals surface area contributed by atoms with Crippen molar-refractivity contribution in [2.24, 2.45) is 11.7 Å². The maximum atomic E-state index is 13.6. The van der Waals surface area contributed by atoms with Crippen LogP contribution in [0.5, 0.6) is 0 Å². The summed E-state index contributed by atoms with van der Waals surface area (Å²) in [5.74, 6) is -1.29. The quantitative estimate of drug-likeness (QED) is 0.140. The van der Waals surface area contributed by atoms with Crippen molar-refractivity contribution < 1.29 is 19.2 Å². The zero-order valence-corrected chi connectivity index (χ0v) is 26.4. The SMILES string of the molecule is CN(C)CC(=O)N[C@@H](CC(=O)NC[C@@H]1CCCN(C(=N)N)C1)C(=O)N(CCNC(=O)c1cnccn1)C1CC1.Cl.Cl.Cl. The third-order valence-electron chi connectivity index (χ3n) is 6.64. The summed E-state index contributed by atoms with van der Waals surface area (Å²) in [6.45, 7) is 2.22. The normalized spacial score (nSPS) is 16.5. The van der Waals surface area contributed by atoms with Crippen LogP contribution >= 0.6 is 37.2 Å². The number of guanidine groups is 1. The van der Waals surface area contributed by atoms with Gasteiger partial charge in [0.25, 0.3) is 5.91 Å². The predicted molar refractivity (Wildman–Crippen MR) is 165 cm³/mol. The van der Waals surface area contributed by atoms with Crippen molar-refractivity contribution in [3.8, 4) is 0 Å². The maximum Gasteiger partial charge on any atom is 0.271 e. The van der Waals surface area contributed by atoms with E-state index in [-0.39, 0.29) is 105 Å². The minimum Gasteiger partial charge on any atom is -0.370 e. The van der Waals surface area contributed by atoms with Gasteiger partial charge >= 0.3 is 0 Å². The highest BCUT2D eigenvalue weighted by Gasteiger charge is 2.37. The van der Waals surface area contributed by atoms with Crippen molar-refractivity contribution in [1.82, 2.24) is 40.6 Å². The lowest BCUT2D eigenvalue weighted by molar-refractivity contribution is -0.139. The molecule has 1 aliphatic carbocycles. The van der Waals surface area contributed by atoms with E-state index < -0.39 is 11.9 Å². The molecule has 2 aliphatic rings. The minimum absolute atomic E-state index is 0. The Balaban J connectivity index is 0.00000560. The van der Waals surface area contributed by atoms with Crippen LogP contribution in [0.4, 0.5) is 0 Å². The zero-order chi connectivity index (χ0) is 28.4. The van der Waals surface area contributed by atoms with Crippen molar-refractivity contribution >= 4 is 66.8 Å². The Morgan fingerprint density at radius 3 is 2.40 bits per heavy atom. The van der Waals surface area contributed by atoms with E-state index in [4.69, 9.17) is 11.1 Å². The number of nitrogens with two attached hydrogens (primary N) is 1. The molecule has 0 bridgehead atoms. The number of nitrogens with zero attached hydrogens (tertiary/aromatic N) is 5. The Morgan fingerprint density at radius 2 is 1.81 bits per heavy atom. The minimum atomic E-state index is -1.03. The molecule has 238 valence electrons. The molecule has 0 aromatic carbocycles. The van der Waals surface area contributed by atoms with E-state index in [2.05, 4.69) is 25.9 Å². The number of amides is 4. The predicted octanol–water partition coefficient (Wildman–Crippen LogP) is -0.379. The standard InChI is InChI=1S/C25H40N10O4.3ClH/c1-33(2)16-22(37)32-19(12-21(36)31-13-17-4-3-10-34(15-17)25(26)27)24(39)35(18-5-6-18)11-9-30-23(38)20-14-28-7-8-29-20;;;/h7-8,14,17-19H,3-6,9-13,15-16H2,1-2H3,(H3,26,27)(H,30,38)(H,31,36)(H,32,37);3*1H/t17-,19-;;;/m0.../s1. The second-order valence-corrected chi connectivity index (χ2v) is 10.3. The van der Waals surface area contributed by atoms with E-state index in [1.165, 1.54) is 18.6 Å². The highest BCUT2D eigenvalue weighted by Crippen LogP contribution is 2.27. The molecule has 2 heterocycles. The molecule has 1 aromatic heterocycles. The Labute approximate surface area is 265 Å². The van der Waals surface area contributed by atoms with Gasteiger partial charge in [-0.15, -0.1) is 37.2 Å². The average Bonchev–Trinajstić information content (AvgIpc) is 3.74. The van der Waals surface area contributed by atoms with Crippen molar-refractivity contribution in [2.75, 3.05) is 53.4 Å². The molecular formula is C25H43Cl3N10O4. The van der Waals surface area contributed by atoms with Gasteiger partial charge in [-0.25, -0.2) is 4.98 Å². The Bertz CT molecular complexity index is 1030. The number of halogens is 3. The van der Waals surface area contributed by atoms with Crippen LogP contribution in [-0.2, 0) is 14.4 Å². The van der Waals surface area contributed by atoms with E-state index in [0.29, 0.717) is 13.1 Å². The van der Waals surface area contributed by atoms with Crippen molar-refractivity contribution in [3.05, 3.63) is 24.3 Å². The molecule has 14 nitrogen and oxygen atoms in total. The smallest absolute Gasteiger partial charge is 0.271 e. The van der Waals surface area contributed by atoms with Gasteiger partial charge in [0.2, 0.25) is 17.7 Å². The van der Waals surface area contributed by atoms with E-state index in [0.717, 1.165) is 32.2 Å². The second kappa shape index (κ2) is 19.3. The average molecular weight is 654 g/mol. The molecular weight excluding hydrogens is 611 g/mol. The first kappa shape index (κ1) is 39.1. The monoisotopic (exact) mass is 652 g/mol. The number of aromatic nitrogens is 2. The van der Waals surface area contributed by atoms with Crippen LogP contribution in [0.3, 0.4) is 0 Å². The highest BCUT2D eigenvalue weighted by atomic mass is 35.5. The topological polar surface area (TPSA) is 190 Å². The first-order chi connectivity index (χ1) is 18.6. The van der Waals surface area contributed by atoms with Crippen LogP contribution in [0, 0.1) is 11.3 Å². The molecule has 1 aliphatic heterocycles. The van der Waals surface area contributed by atoms with Crippen LogP contribution in [-0.4, -0.2) is 120 Å². The summed E-state index contributed by atoms with van der Waals surface area (Å²) in [6, 6.07) is -1.03. The lowest BCUT2D eigenvalue weighted by Crippen LogP contribution is -2.54. The number of hydrogen-bond acceptors (Lipinski definition) is 8. The number of hydrogen-bond donors (Lipinski definition) is 5. The van der Waals surface area contributed by atoms with Crippen LogP contribution in [0.15, 0.2) is 18.6 Å². The molecule has 0 spiro atoms.